The quantitative estimate of drug-likeness (QED) is 0.879. The van der Waals surface area contributed by atoms with Crippen molar-refractivity contribution in [1.82, 2.24) is 20.0 Å². The fraction of sp³-hybridized carbons (Fsp3) is 0.786. The Labute approximate surface area is 109 Å². The molecule has 100 valence electrons. The van der Waals surface area contributed by atoms with Crippen LogP contribution in [0.25, 0.3) is 0 Å². The number of nitrogens with zero attached hydrogens (tertiary/aromatic N) is 3. The molecule has 1 aromatic rings. The lowest BCUT2D eigenvalue weighted by Crippen LogP contribution is -2.38. The Kier molecular flexibility index (Phi) is 3.39. The summed E-state index contributed by atoms with van der Waals surface area (Å²) in [5.74, 6) is 0. The van der Waals surface area contributed by atoms with Crippen LogP contribution in [0.1, 0.15) is 31.9 Å². The predicted octanol–water partition coefficient (Wildman–Crippen LogP) is 1.48. The van der Waals surface area contributed by atoms with Gasteiger partial charge in [0.2, 0.25) is 0 Å². The lowest BCUT2D eigenvalue weighted by atomic mass is 9.78. The number of aromatic nitrogens is 2. The van der Waals surface area contributed by atoms with E-state index in [4.69, 9.17) is 0 Å². The van der Waals surface area contributed by atoms with E-state index in [2.05, 4.69) is 33.0 Å². The molecule has 1 spiro atoms. The second-order valence-electron chi connectivity index (χ2n) is 5.85. The molecule has 0 aliphatic carbocycles. The molecule has 1 N–H and O–H groups in total. The fourth-order valence-electron chi connectivity index (χ4n) is 3.54. The zero-order chi connectivity index (χ0) is 12.4. The predicted molar refractivity (Wildman–Crippen MR) is 72.3 cm³/mol. The van der Waals surface area contributed by atoms with E-state index in [1.54, 1.807) is 0 Å². The minimum atomic E-state index is 0.613. The molecule has 4 heteroatoms. The molecule has 0 unspecified atom stereocenters. The standard InChI is InChI=1S/C14H24N4/c1-2-18-13(3-7-16-18)11-17-10-6-14(12-17)4-8-15-9-5-14/h3,7,15H,2,4-6,8-12H2,1H3. The molecular formula is C14H24N4. The fourth-order valence-corrected chi connectivity index (χ4v) is 3.54. The molecule has 0 bridgehead atoms. The minimum Gasteiger partial charge on any atom is -0.317 e. The summed E-state index contributed by atoms with van der Waals surface area (Å²) in [5.41, 5.74) is 1.98. The summed E-state index contributed by atoms with van der Waals surface area (Å²) in [6.07, 6.45) is 6.03. The summed E-state index contributed by atoms with van der Waals surface area (Å²) in [6.45, 7) is 9.17. The molecule has 0 amide bonds. The van der Waals surface area contributed by atoms with Crippen LogP contribution in [-0.2, 0) is 13.1 Å². The normalized spacial score (nSPS) is 23.8. The van der Waals surface area contributed by atoms with Gasteiger partial charge in [0.1, 0.15) is 0 Å². The van der Waals surface area contributed by atoms with Crippen molar-refractivity contribution < 1.29 is 0 Å². The van der Waals surface area contributed by atoms with Crippen LogP contribution in [0.15, 0.2) is 12.3 Å². The first-order valence-electron chi connectivity index (χ1n) is 7.25. The van der Waals surface area contributed by atoms with Crippen LogP contribution in [0, 0.1) is 5.41 Å². The number of likely N-dealkylation sites (tertiary alicyclic amines) is 1. The van der Waals surface area contributed by atoms with Gasteiger partial charge < -0.3 is 5.32 Å². The summed E-state index contributed by atoms with van der Waals surface area (Å²) < 4.78 is 2.12. The first-order valence-corrected chi connectivity index (χ1v) is 7.25. The van der Waals surface area contributed by atoms with E-state index in [1.165, 1.54) is 51.1 Å². The topological polar surface area (TPSA) is 33.1 Å². The molecule has 0 aromatic carbocycles. The van der Waals surface area contributed by atoms with E-state index in [-0.39, 0.29) is 0 Å². The summed E-state index contributed by atoms with van der Waals surface area (Å²) >= 11 is 0. The van der Waals surface area contributed by atoms with Crippen LogP contribution in [0.3, 0.4) is 0 Å². The van der Waals surface area contributed by atoms with E-state index >= 15 is 0 Å². The number of nitrogens with one attached hydrogen (secondary N) is 1. The minimum absolute atomic E-state index is 0.613. The number of rotatable bonds is 3. The summed E-state index contributed by atoms with van der Waals surface area (Å²) in [7, 11) is 0. The average molecular weight is 248 g/mol. The first-order chi connectivity index (χ1) is 8.81. The third kappa shape index (κ3) is 2.31. The zero-order valence-corrected chi connectivity index (χ0v) is 11.4. The highest BCUT2D eigenvalue weighted by atomic mass is 15.3. The molecule has 2 aliphatic heterocycles. The Morgan fingerprint density at radius 1 is 1.33 bits per heavy atom. The van der Waals surface area contributed by atoms with E-state index in [0.29, 0.717) is 5.41 Å². The number of aryl methyl sites for hydroxylation is 1. The lowest BCUT2D eigenvalue weighted by molar-refractivity contribution is 0.192. The molecule has 0 radical (unpaired) electrons. The SMILES string of the molecule is CCn1nccc1CN1CCC2(CCNCC2)C1. The van der Waals surface area contributed by atoms with Crippen molar-refractivity contribution in [3.05, 3.63) is 18.0 Å². The third-order valence-electron chi connectivity index (χ3n) is 4.67. The molecular weight excluding hydrogens is 224 g/mol. The summed E-state index contributed by atoms with van der Waals surface area (Å²) in [6, 6.07) is 2.16. The van der Waals surface area contributed by atoms with E-state index in [0.717, 1.165) is 13.1 Å². The number of piperidine rings is 1. The van der Waals surface area contributed by atoms with Crippen molar-refractivity contribution in [3.8, 4) is 0 Å². The Morgan fingerprint density at radius 3 is 2.94 bits per heavy atom. The van der Waals surface area contributed by atoms with Gasteiger partial charge in [-0.25, -0.2) is 0 Å². The van der Waals surface area contributed by atoms with E-state index in [1.807, 2.05) is 6.20 Å². The van der Waals surface area contributed by atoms with Gasteiger partial charge in [0.25, 0.3) is 0 Å². The van der Waals surface area contributed by atoms with Gasteiger partial charge in [0, 0.05) is 25.8 Å². The Balaban J connectivity index is 1.62. The van der Waals surface area contributed by atoms with Crippen molar-refractivity contribution in [2.24, 2.45) is 5.41 Å². The molecule has 3 rings (SSSR count). The van der Waals surface area contributed by atoms with Crippen molar-refractivity contribution in [3.63, 3.8) is 0 Å². The molecule has 0 saturated carbocycles. The highest BCUT2D eigenvalue weighted by molar-refractivity contribution is 5.02. The lowest BCUT2D eigenvalue weighted by Gasteiger charge is -2.33. The van der Waals surface area contributed by atoms with E-state index in [9.17, 15) is 0 Å². The van der Waals surface area contributed by atoms with Crippen LogP contribution >= 0.6 is 0 Å². The van der Waals surface area contributed by atoms with Gasteiger partial charge in [0.15, 0.2) is 0 Å². The first kappa shape index (κ1) is 12.2. The monoisotopic (exact) mass is 248 g/mol. The van der Waals surface area contributed by atoms with Gasteiger partial charge in [-0.15, -0.1) is 0 Å². The third-order valence-corrected chi connectivity index (χ3v) is 4.67. The van der Waals surface area contributed by atoms with Crippen molar-refractivity contribution >= 4 is 0 Å². The van der Waals surface area contributed by atoms with Gasteiger partial charge in [-0.2, -0.15) is 5.10 Å². The second-order valence-corrected chi connectivity index (χ2v) is 5.85. The van der Waals surface area contributed by atoms with Crippen LogP contribution in [0.4, 0.5) is 0 Å². The Morgan fingerprint density at radius 2 is 2.17 bits per heavy atom. The largest absolute Gasteiger partial charge is 0.317 e. The Hall–Kier alpha value is -0.870. The van der Waals surface area contributed by atoms with Gasteiger partial charge >= 0.3 is 0 Å². The molecule has 18 heavy (non-hydrogen) atoms. The highest BCUT2D eigenvalue weighted by Gasteiger charge is 2.38. The smallest absolute Gasteiger partial charge is 0.0524 e. The summed E-state index contributed by atoms with van der Waals surface area (Å²) in [5, 5.41) is 7.84. The molecule has 2 aliphatic rings. The molecule has 0 atom stereocenters. The maximum absolute atomic E-state index is 4.36. The zero-order valence-electron chi connectivity index (χ0n) is 11.4. The van der Waals surface area contributed by atoms with Crippen LogP contribution in [0.5, 0.6) is 0 Å². The van der Waals surface area contributed by atoms with Gasteiger partial charge in [-0.3, -0.25) is 9.58 Å². The molecule has 1 aromatic heterocycles. The molecule has 2 fully saturated rings. The molecule has 2 saturated heterocycles. The summed E-state index contributed by atoms with van der Waals surface area (Å²) in [4.78, 5) is 2.62. The van der Waals surface area contributed by atoms with Crippen LogP contribution in [-0.4, -0.2) is 40.9 Å². The van der Waals surface area contributed by atoms with Gasteiger partial charge in [0.05, 0.1) is 5.69 Å². The Bertz CT molecular complexity index is 392. The molecule has 3 heterocycles. The van der Waals surface area contributed by atoms with Crippen molar-refractivity contribution in [2.45, 2.75) is 39.3 Å². The van der Waals surface area contributed by atoms with Crippen molar-refractivity contribution in [2.75, 3.05) is 26.2 Å². The van der Waals surface area contributed by atoms with E-state index < -0.39 is 0 Å². The number of hydrogen-bond acceptors (Lipinski definition) is 3. The van der Waals surface area contributed by atoms with Crippen LogP contribution < -0.4 is 5.32 Å². The maximum atomic E-state index is 4.36. The van der Waals surface area contributed by atoms with Gasteiger partial charge in [-0.05, 0) is 57.3 Å². The molecule has 4 nitrogen and oxygen atoms in total. The van der Waals surface area contributed by atoms with Gasteiger partial charge in [-0.1, -0.05) is 0 Å². The highest BCUT2D eigenvalue weighted by Crippen LogP contribution is 2.38. The van der Waals surface area contributed by atoms with Crippen LogP contribution in [0.2, 0.25) is 0 Å². The second kappa shape index (κ2) is 5.02. The average Bonchev–Trinajstić information content (AvgIpc) is 2.99. The van der Waals surface area contributed by atoms with Crippen molar-refractivity contribution in [1.29, 1.82) is 0 Å². The number of hydrogen-bond donors (Lipinski definition) is 1. The maximum Gasteiger partial charge on any atom is 0.0524 e.